The van der Waals surface area contributed by atoms with E-state index in [0.29, 0.717) is 5.75 Å². The summed E-state index contributed by atoms with van der Waals surface area (Å²) >= 11 is -1.75. The first-order valence-electron chi connectivity index (χ1n) is 20.5. The quantitative estimate of drug-likeness (QED) is 0.0589. The molecule has 0 atom stereocenters. The van der Waals surface area contributed by atoms with E-state index >= 15 is 0 Å². The van der Waals surface area contributed by atoms with Crippen molar-refractivity contribution in [1.82, 2.24) is 0 Å². The molecule has 0 unspecified atom stereocenters. The third-order valence-corrected chi connectivity index (χ3v) is 9.88. The van der Waals surface area contributed by atoms with Crippen LogP contribution in [0.2, 0.25) is 0 Å². The molecule has 0 heterocycles. The zero-order chi connectivity index (χ0) is 33.9. The van der Waals surface area contributed by atoms with E-state index in [4.69, 9.17) is 7.01 Å². The summed E-state index contributed by atoms with van der Waals surface area (Å²) in [5.74, 6) is 0.630. The summed E-state index contributed by atoms with van der Waals surface area (Å²) in [5, 5.41) is 11.5. The Morgan fingerprint density at radius 2 is 0.674 bits per heavy atom. The molecule has 4 heteroatoms. The molecule has 0 saturated carbocycles. The Hall–Kier alpha value is -0.506. The Bertz CT molecular complexity index is 794. The molecule has 1 aromatic carbocycles. The number of aromatic hydroxyl groups is 1. The SMILES string of the molecule is CCCCCCCCCc1cc(O)c(CCCCCCCCC)c(CCCCCCCCC)c1CCCCCCCCC.[O]=[Ti][OH]. The average Bonchev–Trinajstić information content (AvgIpc) is 3.05. The van der Waals surface area contributed by atoms with Gasteiger partial charge in [0.25, 0.3) is 0 Å². The van der Waals surface area contributed by atoms with E-state index < -0.39 is 19.5 Å². The van der Waals surface area contributed by atoms with Crippen LogP contribution in [0.5, 0.6) is 5.75 Å². The van der Waals surface area contributed by atoms with Crippen molar-refractivity contribution >= 4 is 0 Å². The van der Waals surface area contributed by atoms with Crippen LogP contribution in [0, 0.1) is 0 Å². The number of benzene rings is 1. The van der Waals surface area contributed by atoms with Gasteiger partial charge in [-0.05, 0) is 79.7 Å². The summed E-state index contributed by atoms with van der Waals surface area (Å²) in [5.41, 5.74) is 6.09. The van der Waals surface area contributed by atoms with E-state index in [1.807, 2.05) is 0 Å². The number of hydrogen-bond acceptors (Lipinski definition) is 2. The summed E-state index contributed by atoms with van der Waals surface area (Å²) in [4.78, 5) is 0. The molecule has 3 nitrogen and oxygen atoms in total. The fourth-order valence-electron chi connectivity index (χ4n) is 7.03. The minimum absolute atomic E-state index is 0.630. The van der Waals surface area contributed by atoms with E-state index in [1.54, 1.807) is 11.1 Å². The second-order valence-corrected chi connectivity index (χ2v) is 14.4. The third-order valence-electron chi connectivity index (χ3n) is 9.88. The number of phenolic OH excluding ortho intramolecular Hbond substituents is 1. The van der Waals surface area contributed by atoms with Crippen LogP contribution in [0.25, 0.3) is 0 Å². The normalized spacial score (nSPS) is 11.0. The van der Waals surface area contributed by atoms with Gasteiger partial charge in [-0.3, -0.25) is 0 Å². The first kappa shape index (κ1) is 45.5. The summed E-state index contributed by atoms with van der Waals surface area (Å²) in [6.07, 6.45) is 42.7. The Labute approximate surface area is 297 Å². The molecule has 0 radical (unpaired) electrons. The average molecular weight is 680 g/mol. The summed E-state index contributed by atoms with van der Waals surface area (Å²) < 4.78 is 15.8. The van der Waals surface area contributed by atoms with Crippen LogP contribution in [-0.4, -0.2) is 8.79 Å². The molecule has 0 amide bonds. The zero-order valence-corrected chi connectivity index (χ0v) is 33.1. The van der Waals surface area contributed by atoms with E-state index in [2.05, 4.69) is 33.8 Å². The van der Waals surface area contributed by atoms with Crippen molar-refractivity contribution in [3.8, 4) is 5.75 Å². The minimum atomic E-state index is -1.75. The topological polar surface area (TPSA) is 57.5 Å². The van der Waals surface area contributed by atoms with Crippen LogP contribution in [0.1, 0.15) is 230 Å². The maximum absolute atomic E-state index is 11.5. The first-order valence-corrected chi connectivity index (χ1v) is 21.8. The predicted octanol–water partition coefficient (Wildman–Crippen LogP) is 13.9. The van der Waals surface area contributed by atoms with E-state index in [9.17, 15) is 5.11 Å². The Morgan fingerprint density at radius 1 is 0.413 bits per heavy atom. The summed E-state index contributed by atoms with van der Waals surface area (Å²) in [7, 11) is 0. The second kappa shape index (κ2) is 35.8. The Kier molecular flexibility index (Phi) is 35.4. The summed E-state index contributed by atoms with van der Waals surface area (Å²) in [6.45, 7) is 9.23. The zero-order valence-electron chi connectivity index (χ0n) is 31.5. The van der Waals surface area contributed by atoms with E-state index in [0.717, 1.165) is 12.8 Å². The van der Waals surface area contributed by atoms with Crippen LogP contribution >= 0.6 is 0 Å². The molecule has 2 N–H and O–H groups in total. The Morgan fingerprint density at radius 3 is 1.02 bits per heavy atom. The Balaban J connectivity index is 0.00000647. The molecule has 0 aliphatic heterocycles. The second-order valence-electron chi connectivity index (χ2n) is 14.1. The first-order chi connectivity index (χ1) is 22.6. The van der Waals surface area contributed by atoms with Gasteiger partial charge in [-0.25, -0.2) is 0 Å². The number of unbranched alkanes of at least 4 members (excludes halogenated alkanes) is 24. The van der Waals surface area contributed by atoms with Gasteiger partial charge in [0, 0.05) is 0 Å². The third kappa shape index (κ3) is 25.5. The molecule has 0 aliphatic rings. The van der Waals surface area contributed by atoms with Crippen molar-refractivity contribution in [2.75, 3.05) is 0 Å². The molecule has 1 aromatic rings. The van der Waals surface area contributed by atoms with E-state index in [1.165, 1.54) is 204 Å². The molecule has 46 heavy (non-hydrogen) atoms. The number of hydrogen-bond donors (Lipinski definition) is 2. The van der Waals surface area contributed by atoms with Gasteiger partial charge in [0.1, 0.15) is 5.75 Å². The molecule has 0 spiro atoms. The summed E-state index contributed by atoms with van der Waals surface area (Å²) in [6, 6.07) is 2.23. The predicted molar refractivity (Wildman–Crippen MR) is 198 cm³/mol. The van der Waals surface area contributed by atoms with Crippen LogP contribution in [0.4, 0.5) is 0 Å². The molecule has 0 fully saturated rings. The van der Waals surface area contributed by atoms with Gasteiger partial charge in [-0.1, -0.05) is 182 Å². The maximum atomic E-state index is 11.5. The van der Waals surface area contributed by atoms with Crippen LogP contribution < -0.4 is 0 Å². The number of phenols is 1. The van der Waals surface area contributed by atoms with Crippen LogP contribution in [0.15, 0.2) is 6.07 Å². The molecular weight excluding hydrogens is 600 g/mol. The van der Waals surface area contributed by atoms with Gasteiger partial charge in [0.05, 0.1) is 0 Å². The standard InChI is InChI=1S/C42H78O.H2O.O.Ti/c1-5-9-13-17-21-25-29-33-38-37-42(43)41(36-32-28-24-20-16-12-8-4)40(35-31-27-23-19-15-11-7-3)39(38)34-30-26-22-18-14-10-6-2;;;/h37,43H,5-36H2,1-4H3;1H2;;/q;;;+1/p-1. The van der Waals surface area contributed by atoms with E-state index in [-0.39, 0.29) is 0 Å². The van der Waals surface area contributed by atoms with Gasteiger partial charge >= 0.3 is 26.5 Å². The van der Waals surface area contributed by atoms with Gasteiger partial charge in [-0.15, -0.1) is 0 Å². The molecule has 0 bridgehead atoms. The van der Waals surface area contributed by atoms with Gasteiger partial charge in [-0.2, -0.15) is 0 Å². The van der Waals surface area contributed by atoms with Gasteiger partial charge < -0.3 is 5.11 Å². The van der Waals surface area contributed by atoms with Crippen LogP contribution in [-0.2, 0) is 48.5 Å². The monoisotopic (exact) mass is 680 g/mol. The van der Waals surface area contributed by atoms with Gasteiger partial charge in [0.2, 0.25) is 0 Å². The fourth-order valence-corrected chi connectivity index (χ4v) is 7.03. The molecular formula is C42H79O3Ti. The van der Waals surface area contributed by atoms with Crippen molar-refractivity contribution < 1.29 is 31.6 Å². The fraction of sp³-hybridized carbons (Fsp3) is 0.857. The number of aryl methyl sites for hydroxylation is 1. The molecule has 0 aromatic heterocycles. The number of rotatable bonds is 32. The molecule has 0 saturated heterocycles. The van der Waals surface area contributed by atoms with Crippen molar-refractivity contribution in [2.24, 2.45) is 0 Å². The van der Waals surface area contributed by atoms with Crippen LogP contribution in [0.3, 0.4) is 0 Å². The molecule has 269 valence electrons. The molecule has 1 rings (SSSR count). The van der Waals surface area contributed by atoms with Crippen molar-refractivity contribution in [1.29, 1.82) is 0 Å². The molecule has 0 aliphatic carbocycles. The van der Waals surface area contributed by atoms with Crippen molar-refractivity contribution in [3.05, 3.63) is 28.3 Å². The van der Waals surface area contributed by atoms with Crippen molar-refractivity contribution in [3.63, 3.8) is 0 Å². The van der Waals surface area contributed by atoms with Gasteiger partial charge in [0.15, 0.2) is 0 Å². The van der Waals surface area contributed by atoms with Crippen molar-refractivity contribution in [2.45, 2.75) is 233 Å².